The van der Waals surface area contributed by atoms with Crippen molar-refractivity contribution in [2.45, 2.75) is 19.5 Å². The second-order valence-electron chi connectivity index (χ2n) is 5.00. The largest absolute Gasteiger partial charge is 0.493 e. The molecule has 1 aliphatic heterocycles. The Bertz CT molecular complexity index is 770. The molecule has 7 nitrogen and oxygen atoms in total. The van der Waals surface area contributed by atoms with Gasteiger partial charge in [-0.25, -0.2) is 4.98 Å². The van der Waals surface area contributed by atoms with Crippen molar-refractivity contribution < 1.29 is 14.6 Å². The maximum absolute atomic E-state index is 12.1. The molecule has 0 aliphatic carbocycles. The van der Waals surface area contributed by atoms with Crippen molar-refractivity contribution in [3.63, 3.8) is 0 Å². The molecule has 2 aromatic rings. The van der Waals surface area contributed by atoms with E-state index in [2.05, 4.69) is 10.3 Å². The van der Waals surface area contributed by atoms with Crippen molar-refractivity contribution in [2.24, 2.45) is 0 Å². The number of fused-ring (bicyclic) bond motifs is 1. The van der Waals surface area contributed by atoms with Crippen LogP contribution in [0.5, 0.6) is 5.75 Å². The number of nitrogens with zero attached hydrogens (tertiary/aromatic N) is 2. The Morgan fingerprint density at radius 2 is 2.32 bits per heavy atom. The van der Waals surface area contributed by atoms with Crippen LogP contribution in [0.15, 0.2) is 35.4 Å². The number of carboxylic acid groups (broad SMARTS) is 1. The van der Waals surface area contributed by atoms with Crippen LogP contribution in [-0.4, -0.2) is 27.2 Å². The molecule has 3 rings (SSSR count). The van der Waals surface area contributed by atoms with Crippen LogP contribution in [0, 0.1) is 0 Å². The number of hydrogen-bond donors (Lipinski definition) is 2. The van der Waals surface area contributed by atoms with E-state index in [4.69, 9.17) is 9.84 Å². The van der Waals surface area contributed by atoms with Crippen LogP contribution in [0.1, 0.15) is 11.1 Å². The molecule has 114 valence electrons. The summed E-state index contributed by atoms with van der Waals surface area (Å²) >= 11 is 0. The maximum atomic E-state index is 12.1. The molecule has 0 atom stereocenters. The normalized spacial score (nSPS) is 12.5. The molecule has 0 saturated heterocycles. The summed E-state index contributed by atoms with van der Waals surface area (Å²) in [5, 5.41) is 11.7. The molecule has 0 spiro atoms. The lowest BCUT2D eigenvalue weighted by Gasteiger charge is -2.08. The van der Waals surface area contributed by atoms with Gasteiger partial charge >= 0.3 is 5.97 Å². The summed E-state index contributed by atoms with van der Waals surface area (Å²) in [6, 6.07) is 5.88. The fraction of sp³-hybridized carbons (Fsp3) is 0.267. The molecule has 2 heterocycles. The van der Waals surface area contributed by atoms with Crippen molar-refractivity contribution >= 4 is 11.8 Å². The first-order valence-corrected chi connectivity index (χ1v) is 6.89. The number of carbonyl (C=O) groups is 1. The molecule has 22 heavy (non-hydrogen) atoms. The monoisotopic (exact) mass is 301 g/mol. The minimum atomic E-state index is -1.07. The van der Waals surface area contributed by atoms with E-state index >= 15 is 0 Å². The molecule has 2 N–H and O–H groups in total. The summed E-state index contributed by atoms with van der Waals surface area (Å²) in [5.41, 5.74) is 1.72. The Labute approximate surface area is 126 Å². The number of aliphatic carboxylic acids is 1. The number of aromatic nitrogens is 2. The van der Waals surface area contributed by atoms with Gasteiger partial charge in [0.2, 0.25) is 0 Å². The van der Waals surface area contributed by atoms with E-state index in [0.29, 0.717) is 13.2 Å². The van der Waals surface area contributed by atoms with E-state index < -0.39 is 11.5 Å². The first-order chi connectivity index (χ1) is 10.6. The molecule has 1 aromatic carbocycles. The smallest absolute Gasteiger partial charge is 0.323 e. The molecule has 0 fully saturated rings. The van der Waals surface area contributed by atoms with Crippen LogP contribution in [0.4, 0.5) is 5.82 Å². The van der Waals surface area contributed by atoms with Crippen molar-refractivity contribution in [1.82, 2.24) is 9.55 Å². The lowest BCUT2D eigenvalue weighted by Crippen LogP contribution is -2.27. The molecule has 0 bridgehead atoms. The molecular formula is C15H15N3O4. The average Bonchev–Trinajstić information content (AvgIpc) is 2.95. The summed E-state index contributed by atoms with van der Waals surface area (Å²) in [4.78, 5) is 26.7. The fourth-order valence-corrected chi connectivity index (χ4v) is 2.37. The number of benzene rings is 1. The molecule has 0 saturated carbocycles. The van der Waals surface area contributed by atoms with Crippen LogP contribution in [0.3, 0.4) is 0 Å². The van der Waals surface area contributed by atoms with Gasteiger partial charge in [-0.1, -0.05) is 12.1 Å². The Kier molecular flexibility index (Phi) is 3.78. The highest BCUT2D eigenvalue weighted by Crippen LogP contribution is 2.25. The number of nitrogens with one attached hydrogen (secondary N) is 1. The predicted molar refractivity (Wildman–Crippen MR) is 79.1 cm³/mol. The third kappa shape index (κ3) is 2.93. The quantitative estimate of drug-likeness (QED) is 0.851. The Morgan fingerprint density at radius 1 is 1.45 bits per heavy atom. The number of rotatable bonds is 5. The maximum Gasteiger partial charge on any atom is 0.323 e. The number of carboxylic acids is 1. The minimum Gasteiger partial charge on any atom is -0.493 e. The van der Waals surface area contributed by atoms with Gasteiger partial charge in [-0.2, -0.15) is 0 Å². The van der Waals surface area contributed by atoms with Crippen LogP contribution in [0.25, 0.3) is 0 Å². The van der Waals surface area contributed by atoms with E-state index in [-0.39, 0.29) is 12.4 Å². The third-order valence-corrected chi connectivity index (χ3v) is 3.43. The van der Waals surface area contributed by atoms with Crippen LogP contribution < -0.4 is 15.6 Å². The third-order valence-electron chi connectivity index (χ3n) is 3.43. The van der Waals surface area contributed by atoms with Gasteiger partial charge in [0.25, 0.3) is 5.56 Å². The predicted octanol–water partition coefficient (Wildman–Crippen LogP) is 0.875. The van der Waals surface area contributed by atoms with Gasteiger partial charge in [-0.05, 0) is 17.2 Å². The minimum absolute atomic E-state index is 0.139. The van der Waals surface area contributed by atoms with Crippen LogP contribution in [0.2, 0.25) is 0 Å². The highest BCUT2D eigenvalue weighted by atomic mass is 16.5. The summed E-state index contributed by atoms with van der Waals surface area (Å²) in [6.45, 7) is 0.755. The molecule has 0 radical (unpaired) electrons. The summed E-state index contributed by atoms with van der Waals surface area (Å²) in [6.07, 6.45) is 3.65. The lowest BCUT2D eigenvalue weighted by molar-refractivity contribution is -0.137. The second kappa shape index (κ2) is 5.88. The molecule has 1 aromatic heterocycles. The first kappa shape index (κ1) is 14.1. The fourth-order valence-electron chi connectivity index (χ4n) is 2.37. The highest BCUT2D eigenvalue weighted by molar-refractivity contribution is 5.66. The van der Waals surface area contributed by atoms with Gasteiger partial charge in [0.15, 0.2) is 5.82 Å². The Balaban J connectivity index is 1.74. The number of anilines is 1. The number of ether oxygens (including phenoxy) is 1. The summed E-state index contributed by atoms with van der Waals surface area (Å²) in [5.74, 6) is -0.0243. The molecule has 7 heteroatoms. The Morgan fingerprint density at radius 3 is 3.14 bits per heavy atom. The molecule has 0 unspecified atom stereocenters. The topological polar surface area (TPSA) is 93.4 Å². The zero-order valence-corrected chi connectivity index (χ0v) is 11.8. The van der Waals surface area contributed by atoms with E-state index in [1.807, 2.05) is 18.2 Å². The van der Waals surface area contributed by atoms with Crippen molar-refractivity contribution in [2.75, 3.05) is 11.9 Å². The zero-order chi connectivity index (χ0) is 15.5. The second-order valence-corrected chi connectivity index (χ2v) is 5.00. The van der Waals surface area contributed by atoms with Crippen LogP contribution in [-0.2, 0) is 24.3 Å². The zero-order valence-electron chi connectivity index (χ0n) is 11.8. The van der Waals surface area contributed by atoms with Crippen LogP contribution >= 0.6 is 0 Å². The summed E-state index contributed by atoms with van der Waals surface area (Å²) in [7, 11) is 0. The SMILES string of the molecule is O=C(O)Cn1ccnc(NCc2ccc3c(c2)CCO3)c1=O. The van der Waals surface area contributed by atoms with E-state index in [1.54, 1.807) is 0 Å². The Hall–Kier alpha value is -2.83. The van der Waals surface area contributed by atoms with Gasteiger partial charge in [-0.15, -0.1) is 0 Å². The van der Waals surface area contributed by atoms with Gasteiger partial charge in [0.1, 0.15) is 12.3 Å². The van der Waals surface area contributed by atoms with E-state index in [0.717, 1.165) is 27.9 Å². The molecular weight excluding hydrogens is 286 g/mol. The van der Waals surface area contributed by atoms with Gasteiger partial charge < -0.3 is 15.2 Å². The van der Waals surface area contributed by atoms with Gasteiger partial charge in [-0.3, -0.25) is 14.2 Å². The number of hydrogen-bond acceptors (Lipinski definition) is 5. The highest BCUT2D eigenvalue weighted by Gasteiger charge is 2.12. The van der Waals surface area contributed by atoms with E-state index in [1.165, 1.54) is 12.4 Å². The first-order valence-electron chi connectivity index (χ1n) is 6.89. The van der Waals surface area contributed by atoms with Gasteiger partial charge in [0, 0.05) is 25.4 Å². The van der Waals surface area contributed by atoms with Gasteiger partial charge in [0.05, 0.1) is 6.61 Å². The lowest BCUT2D eigenvalue weighted by atomic mass is 10.1. The van der Waals surface area contributed by atoms with E-state index in [9.17, 15) is 9.59 Å². The average molecular weight is 301 g/mol. The molecule has 0 amide bonds. The molecule has 1 aliphatic rings. The standard InChI is InChI=1S/C15H15N3O4/c19-13(20)9-18-5-4-16-14(15(18)21)17-8-10-1-2-12-11(7-10)3-6-22-12/h1-2,4-5,7H,3,6,8-9H2,(H,16,17)(H,19,20). The van der Waals surface area contributed by atoms with Crippen molar-refractivity contribution in [1.29, 1.82) is 0 Å². The van der Waals surface area contributed by atoms with Crippen molar-refractivity contribution in [3.8, 4) is 5.75 Å². The summed E-state index contributed by atoms with van der Waals surface area (Å²) < 4.78 is 6.55. The van der Waals surface area contributed by atoms with Crippen molar-refractivity contribution in [3.05, 3.63) is 52.1 Å².